The third-order valence-electron chi connectivity index (χ3n) is 4.35. The van der Waals surface area contributed by atoms with E-state index in [2.05, 4.69) is 37.9 Å². The first-order valence-corrected chi connectivity index (χ1v) is 8.05. The molecule has 3 heteroatoms. The van der Waals surface area contributed by atoms with Crippen molar-refractivity contribution in [2.45, 2.75) is 26.2 Å². The molecule has 1 heterocycles. The highest BCUT2D eigenvalue weighted by Gasteiger charge is 2.17. The van der Waals surface area contributed by atoms with Gasteiger partial charge < -0.3 is 9.52 Å². The fraction of sp³-hybridized carbons (Fsp3) is 0.190. The second-order valence-electron chi connectivity index (χ2n) is 7.17. The van der Waals surface area contributed by atoms with Gasteiger partial charge >= 0.3 is 0 Å². The molecule has 0 saturated heterocycles. The molecule has 24 heavy (non-hydrogen) atoms. The topological polar surface area (TPSA) is 46.3 Å². The van der Waals surface area contributed by atoms with Gasteiger partial charge in [-0.15, -0.1) is 0 Å². The van der Waals surface area contributed by atoms with Crippen LogP contribution in [0.5, 0.6) is 5.75 Å². The minimum atomic E-state index is 0.0540. The number of phenols is 1. The molecule has 0 spiro atoms. The van der Waals surface area contributed by atoms with Crippen LogP contribution in [0.15, 0.2) is 59.0 Å². The van der Waals surface area contributed by atoms with Crippen molar-refractivity contribution in [2.24, 2.45) is 0 Å². The Balaban J connectivity index is 1.89. The predicted molar refractivity (Wildman–Crippen MR) is 97.3 cm³/mol. The number of hydrogen-bond acceptors (Lipinski definition) is 3. The Bertz CT molecular complexity index is 1050. The molecule has 0 saturated carbocycles. The van der Waals surface area contributed by atoms with E-state index in [1.165, 1.54) is 5.56 Å². The summed E-state index contributed by atoms with van der Waals surface area (Å²) in [4.78, 5) is 4.60. The maximum absolute atomic E-state index is 10.4. The lowest BCUT2D eigenvalue weighted by Gasteiger charge is -2.18. The van der Waals surface area contributed by atoms with Gasteiger partial charge in [-0.2, -0.15) is 0 Å². The molecule has 0 radical (unpaired) electrons. The lowest BCUT2D eigenvalue weighted by atomic mass is 9.87. The van der Waals surface area contributed by atoms with E-state index in [1.54, 1.807) is 6.07 Å². The van der Waals surface area contributed by atoms with Crippen LogP contribution < -0.4 is 0 Å². The van der Waals surface area contributed by atoms with Crippen LogP contribution in [0.2, 0.25) is 0 Å². The molecule has 0 aliphatic rings. The van der Waals surface area contributed by atoms with Gasteiger partial charge in [0.1, 0.15) is 11.3 Å². The van der Waals surface area contributed by atoms with Gasteiger partial charge in [-0.05, 0) is 46.0 Å². The van der Waals surface area contributed by atoms with Crippen LogP contribution in [0, 0.1) is 0 Å². The number of aromatic nitrogens is 1. The molecule has 0 aliphatic heterocycles. The Hall–Kier alpha value is -2.81. The summed E-state index contributed by atoms with van der Waals surface area (Å²) in [5.74, 6) is 0.621. The zero-order valence-corrected chi connectivity index (χ0v) is 14.0. The Morgan fingerprint density at radius 1 is 0.917 bits per heavy atom. The highest BCUT2D eigenvalue weighted by Crippen LogP contribution is 2.35. The number of rotatable bonds is 1. The maximum Gasteiger partial charge on any atom is 0.231 e. The molecular weight excluding hydrogens is 298 g/mol. The summed E-state index contributed by atoms with van der Waals surface area (Å²) in [7, 11) is 0. The summed E-state index contributed by atoms with van der Waals surface area (Å²) in [5, 5.41) is 12.4. The van der Waals surface area contributed by atoms with Crippen molar-refractivity contribution >= 4 is 21.9 Å². The van der Waals surface area contributed by atoms with Gasteiger partial charge in [0, 0.05) is 0 Å². The first kappa shape index (κ1) is 14.8. The molecule has 3 aromatic carbocycles. The van der Waals surface area contributed by atoms with Crippen molar-refractivity contribution in [3.8, 4) is 17.2 Å². The predicted octanol–water partition coefficient (Wildman–Crippen LogP) is 5.65. The molecule has 0 fully saturated rings. The van der Waals surface area contributed by atoms with E-state index in [-0.39, 0.29) is 11.2 Å². The molecule has 4 aromatic rings. The van der Waals surface area contributed by atoms with Gasteiger partial charge in [-0.25, -0.2) is 4.98 Å². The monoisotopic (exact) mass is 317 g/mol. The zero-order valence-electron chi connectivity index (χ0n) is 14.0. The zero-order chi connectivity index (χ0) is 16.9. The highest BCUT2D eigenvalue weighted by atomic mass is 16.3. The van der Waals surface area contributed by atoms with Crippen LogP contribution >= 0.6 is 0 Å². The van der Waals surface area contributed by atoms with Crippen LogP contribution in [-0.4, -0.2) is 10.1 Å². The first-order chi connectivity index (χ1) is 11.4. The number of oxazole rings is 1. The first-order valence-electron chi connectivity index (χ1n) is 8.05. The number of nitrogens with zero attached hydrogens (tertiary/aromatic N) is 1. The molecule has 4 rings (SSSR count). The van der Waals surface area contributed by atoms with Gasteiger partial charge in [0.2, 0.25) is 5.89 Å². The second-order valence-corrected chi connectivity index (χ2v) is 7.17. The van der Waals surface area contributed by atoms with Gasteiger partial charge in [0.15, 0.2) is 5.58 Å². The molecule has 3 nitrogen and oxygen atoms in total. The summed E-state index contributed by atoms with van der Waals surface area (Å²) in [6.45, 7) is 6.51. The van der Waals surface area contributed by atoms with Gasteiger partial charge in [0.25, 0.3) is 0 Å². The Morgan fingerprint density at radius 3 is 2.33 bits per heavy atom. The van der Waals surface area contributed by atoms with E-state index < -0.39 is 0 Å². The molecule has 1 N–H and O–H groups in total. The standard InChI is InChI=1S/C21H19NO2/c1-21(2,3)15-8-9-19-17(12-15)22-20(24-19)16-10-13-6-4-5-7-14(13)11-18(16)23/h4-12,23H,1-3H3. The minimum absolute atomic E-state index is 0.0540. The number of phenolic OH excluding ortho intramolecular Hbond substituents is 1. The van der Waals surface area contributed by atoms with Crippen LogP contribution in [0.3, 0.4) is 0 Å². The Labute approximate surface area is 140 Å². The fourth-order valence-electron chi connectivity index (χ4n) is 2.91. The van der Waals surface area contributed by atoms with E-state index in [1.807, 2.05) is 36.4 Å². The second kappa shape index (κ2) is 5.10. The molecule has 0 bridgehead atoms. The maximum atomic E-state index is 10.4. The Kier molecular flexibility index (Phi) is 3.14. The van der Waals surface area contributed by atoms with E-state index in [0.29, 0.717) is 11.5 Å². The average Bonchev–Trinajstić information content (AvgIpc) is 2.96. The van der Waals surface area contributed by atoms with Crippen LogP contribution in [-0.2, 0) is 5.41 Å². The molecule has 0 unspecified atom stereocenters. The molecule has 120 valence electrons. The molecule has 0 amide bonds. The van der Waals surface area contributed by atoms with Crippen LogP contribution in [0.4, 0.5) is 0 Å². The van der Waals surface area contributed by atoms with E-state index >= 15 is 0 Å². The number of hydrogen-bond donors (Lipinski definition) is 1. The van der Waals surface area contributed by atoms with E-state index in [0.717, 1.165) is 21.9 Å². The number of benzene rings is 3. The summed E-state index contributed by atoms with van der Waals surface area (Å²) in [6, 6.07) is 17.7. The smallest absolute Gasteiger partial charge is 0.231 e. The lowest BCUT2D eigenvalue weighted by molar-refractivity contribution is 0.475. The van der Waals surface area contributed by atoms with Crippen molar-refractivity contribution in [1.29, 1.82) is 0 Å². The third-order valence-corrected chi connectivity index (χ3v) is 4.35. The van der Waals surface area contributed by atoms with Crippen molar-refractivity contribution < 1.29 is 9.52 Å². The molecule has 0 aliphatic carbocycles. The largest absolute Gasteiger partial charge is 0.507 e. The quantitative estimate of drug-likeness (QED) is 0.493. The van der Waals surface area contributed by atoms with Gasteiger partial charge in [-0.3, -0.25) is 0 Å². The minimum Gasteiger partial charge on any atom is -0.507 e. The van der Waals surface area contributed by atoms with Crippen molar-refractivity contribution in [3.63, 3.8) is 0 Å². The normalized spacial score (nSPS) is 12.1. The Morgan fingerprint density at radius 2 is 1.62 bits per heavy atom. The summed E-state index contributed by atoms with van der Waals surface area (Å²) >= 11 is 0. The molecule has 0 atom stereocenters. The molecular formula is C21H19NO2. The third kappa shape index (κ3) is 2.42. The van der Waals surface area contributed by atoms with Crippen molar-refractivity contribution in [1.82, 2.24) is 4.98 Å². The van der Waals surface area contributed by atoms with Gasteiger partial charge in [-0.1, -0.05) is 51.1 Å². The summed E-state index contributed by atoms with van der Waals surface area (Å²) in [5.41, 5.74) is 3.41. The SMILES string of the molecule is CC(C)(C)c1ccc2oc(-c3cc4ccccc4cc3O)nc2c1. The van der Waals surface area contributed by atoms with Gasteiger partial charge in [0.05, 0.1) is 5.56 Å². The average molecular weight is 317 g/mol. The van der Waals surface area contributed by atoms with Crippen molar-refractivity contribution in [3.05, 3.63) is 60.2 Å². The number of fused-ring (bicyclic) bond motifs is 2. The van der Waals surface area contributed by atoms with Crippen molar-refractivity contribution in [2.75, 3.05) is 0 Å². The highest BCUT2D eigenvalue weighted by molar-refractivity contribution is 5.90. The number of aromatic hydroxyl groups is 1. The summed E-state index contributed by atoms with van der Waals surface area (Å²) < 4.78 is 5.88. The van der Waals surface area contributed by atoms with Crippen LogP contribution in [0.1, 0.15) is 26.3 Å². The van der Waals surface area contributed by atoms with Crippen LogP contribution in [0.25, 0.3) is 33.3 Å². The lowest BCUT2D eigenvalue weighted by Crippen LogP contribution is -2.10. The summed E-state index contributed by atoms with van der Waals surface area (Å²) in [6.07, 6.45) is 0. The van der Waals surface area contributed by atoms with E-state index in [9.17, 15) is 5.11 Å². The molecule has 1 aromatic heterocycles. The van der Waals surface area contributed by atoms with E-state index in [4.69, 9.17) is 4.42 Å². The fourth-order valence-corrected chi connectivity index (χ4v) is 2.91.